The van der Waals surface area contributed by atoms with Gasteiger partial charge in [-0.3, -0.25) is 4.79 Å². The van der Waals surface area contributed by atoms with Crippen molar-refractivity contribution in [3.8, 4) is 0 Å². The highest BCUT2D eigenvalue weighted by Crippen LogP contribution is 2.15. The van der Waals surface area contributed by atoms with E-state index in [1.54, 1.807) is 0 Å². The van der Waals surface area contributed by atoms with Gasteiger partial charge in [0.2, 0.25) is 0 Å². The lowest BCUT2D eigenvalue weighted by molar-refractivity contribution is 0.0782. The Morgan fingerprint density at radius 1 is 1.40 bits per heavy atom. The van der Waals surface area contributed by atoms with Crippen LogP contribution in [0.4, 0.5) is 0 Å². The first kappa shape index (κ1) is 12.0. The molecule has 0 unspecified atom stereocenters. The molecule has 0 N–H and O–H groups in total. The highest BCUT2D eigenvalue weighted by Gasteiger charge is 2.14. The second kappa shape index (κ2) is 5.12. The first-order valence-electron chi connectivity index (χ1n) is 5.39. The maximum Gasteiger partial charge on any atom is 0.190 e. The van der Waals surface area contributed by atoms with E-state index in [2.05, 4.69) is 11.5 Å². The van der Waals surface area contributed by atoms with Gasteiger partial charge in [-0.15, -0.1) is 0 Å². The van der Waals surface area contributed by atoms with Gasteiger partial charge in [0.1, 0.15) is 6.61 Å². The summed E-state index contributed by atoms with van der Waals surface area (Å²) < 4.78 is 7.27. The van der Waals surface area contributed by atoms with Crippen molar-refractivity contribution in [2.45, 2.75) is 34.2 Å². The van der Waals surface area contributed by atoms with Gasteiger partial charge in [0.05, 0.1) is 0 Å². The van der Waals surface area contributed by atoms with Crippen LogP contribution < -0.4 is 0 Å². The maximum atomic E-state index is 11.8. The molecule has 0 aliphatic rings. The van der Waals surface area contributed by atoms with Crippen molar-refractivity contribution >= 4 is 5.78 Å². The van der Waals surface area contributed by atoms with Crippen LogP contribution in [0.1, 0.15) is 35.6 Å². The van der Waals surface area contributed by atoms with Crippen LogP contribution in [-0.4, -0.2) is 23.6 Å². The summed E-state index contributed by atoms with van der Waals surface area (Å²) in [7, 11) is 0. The number of ether oxygens (including phenoxy) is 1. The number of Topliss-reactive ketones (excluding diaryl/α,β-unsaturated/α-hetero) is 1. The van der Waals surface area contributed by atoms with Crippen LogP contribution in [0.3, 0.4) is 0 Å². The van der Waals surface area contributed by atoms with E-state index < -0.39 is 0 Å². The number of aromatic nitrogens is 1. The first-order valence-corrected chi connectivity index (χ1v) is 5.39. The van der Waals surface area contributed by atoms with Gasteiger partial charge < -0.3 is 9.30 Å². The predicted octanol–water partition coefficient (Wildman–Crippen LogP) is 2.34. The summed E-state index contributed by atoms with van der Waals surface area (Å²) >= 11 is 0. The summed E-state index contributed by atoms with van der Waals surface area (Å²) in [5.41, 5.74) is 2.97. The Hall–Kier alpha value is -1.09. The molecule has 1 heterocycles. The topological polar surface area (TPSA) is 31.2 Å². The molecule has 0 spiro atoms. The standard InChI is InChI=1S/C12H19NO2/c1-5-13-9(3)7-11(10(13)4)12(14)8-15-6-2/h7H,5-6,8H2,1-4H3. The SMILES string of the molecule is CCOCC(=O)c1cc(C)n(CC)c1C. The largest absolute Gasteiger partial charge is 0.374 e. The van der Waals surface area contributed by atoms with E-state index in [0.717, 1.165) is 23.5 Å². The van der Waals surface area contributed by atoms with Gasteiger partial charge >= 0.3 is 0 Å². The molecule has 0 saturated heterocycles. The normalized spacial score (nSPS) is 10.7. The van der Waals surface area contributed by atoms with Crippen LogP contribution in [0.2, 0.25) is 0 Å². The lowest BCUT2D eigenvalue weighted by atomic mass is 10.1. The summed E-state index contributed by atoms with van der Waals surface area (Å²) in [6.45, 7) is 9.64. The van der Waals surface area contributed by atoms with Crippen LogP contribution in [0.5, 0.6) is 0 Å². The zero-order valence-corrected chi connectivity index (χ0v) is 9.96. The monoisotopic (exact) mass is 209 g/mol. The Morgan fingerprint density at radius 3 is 2.53 bits per heavy atom. The molecule has 0 aliphatic carbocycles. The van der Waals surface area contributed by atoms with Crippen molar-refractivity contribution in [1.29, 1.82) is 0 Å². The molecule has 0 aliphatic heterocycles. The molecule has 1 aromatic rings. The van der Waals surface area contributed by atoms with E-state index in [4.69, 9.17) is 4.74 Å². The molecule has 0 saturated carbocycles. The van der Waals surface area contributed by atoms with E-state index >= 15 is 0 Å². The van der Waals surface area contributed by atoms with E-state index in [1.165, 1.54) is 0 Å². The molecule has 15 heavy (non-hydrogen) atoms. The number of rotatable bonds is 5. The van der Waals surface area contributed by atoms with Crippen LogP contribution in [0.25, 0.3) is 0 Å². The Labute approximate surface area is 91.0 Å². The Morgan fingerprint density at radius 2 is 2.07 bits per heavy atom. The second-order valence-electron chi connectivity index (χ2n) is 3.59. The summed E-state index contributed by atoms with van der Waals surface area (Å²) in [4.78, 5) is 11.8. The van der Waals surface area contributed by atoms with Gasteiger partial charge in [-0.25, -0.2) is 0 Å². The fraction of sp³-hybridized carbons (Fsp3) is 0.583. The minimum Gasteiger partial charge on any atom is -0.374 e. The number of nitrogens with zero attached hydrogens (tertiary/aromatic N) is 1. The molecule has 0 bridgehead atoms. The molecule has 3 heteroatoms. The molecule has 1 rings (SSSR count). The lowest BCUT2D eigenvalue weighted by Crippen LogP contribution is -2.10. The first-order chi connectivity index (χ1) is 7.11. The van der Waals surface area contributed by atoms with Crippen LogP contribution in [-0.2, 0) is 11.3 Å². The molecule has 0 aromatic carbocycles. The third-order valence-electron chi connectivity index (χ3n) is 2.63. The lowest BCUT2D eigenvalue weighted by Gasteiger charge is -2.05. The molecule has 0 amide bonds. The fourth-order valence-electron chi connectivity index (χ4n) is 1.84. The second-order valence-corrected chi connectivity index (χ2v) is 3.59. The van der Waals surface area contributed by atoms with Gasteiger partial charge in [-0.1, -0.05) is 0 Å². The summed E-state index contributed by atoms with van der Waals surface area (Å²) in [5.74, 6) is 0.0738. The van der Waals surface area contributed by atoms with Gasteiger partial charge in [-0.2, -0.15) is 0 Å². The van der Waals surface area contributed by atoms with E-state index in [1.807, 2.05) is 26.8 Å². The van der Waals surface area contributed by atoms with Crippen LogP contribution >= 0.6 is 0 Å². The number of hydrogen-bond donors (Lipinski definition) is 0. The third-order valence-corrected chi connectivity index (χ3v) is 2.63. The predicted molar refractivity (Wildman–Crippen MR) is 60.4 cm³/mol. The number of hydrogen-bond acceptors (Lipinski definition) is 2. The van der Waals surface area contributed by atoms with Crippen molar-refractivity contribution < 1.29 is 9.53 Å². The van der Waals surface area contributed by atoms with E-state index in [-0.39, 0.29) is 12.4 Å². The molecule has 0 fully saturated rings. The Kier molecular flexibility index (Phi) is 4.09. The van der Waals surface area contributed by atoms with E-state index in [9.17, 15) is 4.79 Å². The minimum atomic E-state index is 0.0738. The third kappa shape index (κ3) is 2.48. The Bertz CT molecular complexity index is 353. The minimum absolute atomic E-state index is 0.0738. The van der Waals surface area contributed by atoms with Crippen molar-refractivity contribution in [3.63, 3.8) is 0 Å². The van der Waals surface area contributed by atoms with Crippen molar-refractivity contribution in [1.82, 2.24) is 4.57 Å². The molecular weight excluding hydrogens is 190 g/mol. The quantitative estimate of drug-likeness (QED) is 0.697. The van der Waals surface area contributed by atoms with Crippen molar-refractivity contribution in [2.75, 3.05) is 13.2 Å². The van der Waals surface area contributed by atoms with Crippen molar-refractivity contribution in [2.24, 2.45) is 0 Å². The molecular formula is C12H19NO2. The van der Waals surface area contributed by atoms with E-state index in [0.29, 0.717) is 6.61 Å². The summed E-state index contributed by atoms with van der Waals surface area (Å²) in [6, 6.07) is 1.94. The van der Waals surface area contributed by atoms with Crippen molar-refractivity contribution in [3.05, 3.63) is 23.0 Å². The highest BCUT2D eigenvalue weighted by atomic mass is 16.5. The average molecular weight is 209 g/mol. The molecule has 0 radical (unpaired) electrons. The zero-order chi connectivity index (χ0) is 11.4. The maximum absolute atomic E-state index is 11.8. The molecule has 0 atom stereocenters. The number of carbonyl (C=O) groups excluding carboxylic acids is 1. The van der Waals surface area contributed by atoms with Gasteiger partial charge in [0.25, 0.3) is 0 Å². The Balaban J connectivity index is 2.90. The average Bonchev–Trinajstić information content (AvgIpc) is 2.50. The highest BCUT2D eigenvalue weighted by molar-refractivity contribution is 5.98. The zero-order valence-electron chi connectivity index (χ0n) is 9.96. The van der Waals surface area contributed by atoms with Crippen LogP contribution in [0.15, 0.2) is 6.07 Å². The van der Waals surface area contributed by atoms with Gasteiger partial charge in [0.15, 0.2) is 5.78 Å². The van der Waals surface area contributed by atoms with Crippen LogP contribution in [0, 0.1) is 13.8 Å². The smallest absolute Gasteiger partial charge is 0.190 e. The number of carbonyl (C=O) groups is 1. The summed E-state index contributed by atoms with van der Waals surface area (Å²) in [5, 5.41) is 0. The number of aryl methyl sites for hydroxylation is 1. The summed E-state index contributed by atoms with van der Waals surface area (Å²) in [6.07, 6.45) is 0. The van der Waals surface area contributed by atoms with Gasteiger partial charge in [0, 0.05) is 30.1 Å². The van der Waals surface area contributed by atoms with Gasteiger partial charge in [-0.05, 0) is 33.8 Å². The fourth-order valence-corrected chi connectivity index (χ4v) is 1.84. The molecule has 84 valence electrons. The molecule has 3 nitrogen and oxygen atoms in total. The molecule has 1 aromatic heterocycles. The number of ketones is 1.